The second kappa shape index (κ2) is 4.88. The summed E-state index contributed by atoms with van der Waals surface area (Å²) < 4.78 is 0. The number of hydrogen-bond acceptors (Lipinski definition) is 2. The smallest absolute Gasteiger partial charge is 0.0920 e. The average Bonchev–Trinajstić information content (AvgIpc) is 2.33. The summed E-state index contributed by atoms with van der Waals surface area (Å²) in [5, 5.41) is 0. The fourth-order valence-electron chi connectivity index (χ4n) is 1.88. The largest absolute Gasteiger partial charge is 0.255 e. The highest BCUT2D eigenvalue weighted by atomic mass is 14.8. The highest BCUT2D eigenvalue weighted by molar-refractivity contribution is 5.60. The predicted octanol–water partition coefficient (Wildman–Crippen LogP) is 3.40. The summed E-state index contributed by atoms with van der Waals surface area (Å²) in [4.78, 5) is 8.84. The lowest BCUT2D eigenvalue weighted by molar-refractivity contribution is 0.905. The van der Waals surface area contributed by atoms with Gasteiger partial charge in [-0.3, -0.25) is 9.97 Å². The molecule has 0 atom stereocenters. The van der Waals surface area contributed by atoms with E-state index >= 15 is 0 Å². The first-order valence-electron chi connectivity index (χ1n) is 5.68. The van der Waals surface area contributed by atoms with E-state index < -0.39 is 0 Å². The Balaban J connectivity index is 2.52. The van der Waals surface area contributed by atoms with E-state index in [1.807, 2.05) is 30.6 Å². The van der Waals surface area contributed by atoms with Crippen LogP contribution in [0.25, 0.3) is 11.4 Å². The van der Waals surface area contributed by atoms with Gasteiger partial charge in [0, 0.05) is 12.4 Å². The molecular weight excluding hydrogens is 196 g/mol. The molecule has 0 radical (unpaired) electrons. The lowest BCUT2D eigenvalue weighted by Gasteiger charge is -2.09. The van der Waals surface area contributed by atoms with Crippen molar-refractivity contribution in [2.45, 2.75) is 26.7 Å². The van der Waals surface area contributed by atoms with Crippen LogP contribution < -0.4 is 0 Å². The van der Waals surface area contributed by atoms with Crippen molar-refractivity contribution >= 4 is 0 Å². The lowest BCUT2D eigenvalue weighted by atomic mass is 10.0. The molecule has 2 nitrogen and oxygen atoms in total. The van der Waals surface area contributed by atoms with E-state index in [9.17, 15) is 0 Å². The number of aryl methyl sites for hydroxylation is 1. The minimum Gasteiger partial charge on any atom is -0.255 e. The van der Waals surface area contributed by atoms with Crippen LogP contribution in [-0.4, -0.2) is 9.97 Å². The van der Waals surface area contributed by atoms with Crippen molar-refractivity contribution in [2.24, 2.45) is 0 Å². The number of nitrogens with zero attached hydrogens (tertiary/aromatic N) is 2. The molecule has 0 aromatic carbocycles. The Hall–Kier alpha value is -1.70. The van der Waals surface area contributed by atoms with Crippen LogP contribution in [0.3, 0.4) is 0 Å². The molecule has 0 amide bonds. The zero-order chi connectivity index (χ0) is 11.4. The molecule has 0 aliphatic heterocycles. The maximum Gasteiger partial charge on any atom is 0.0920 e. The Morgan fingerprint density at radius 3 is 2.62 bits per heavy atom. The molecule has 0 fully saturated rings. The zero-order valence-electron chi connectivity index (χ0n) is 9.77. The van der Waals surface area contributed by atoms with Crippen molar-refractivity contribution in [3.05, 3.63) is 47.8 Å². The van der Waals surface area contributed by atoms with Gasteiger partial charge >= 0.3 is 0 Å². The van der Waals surface area contributed by atoms with Gasteiger partial charge in [0.05, 0.1) is 11.4 Å². The van der Waals surface area contributed by atoms with Gasteiger partial charge in [-0.05, 0) is 42.7 Å². The van der Waals surface area contributed by atoms with E-state index in [1.165, 1.54) is 11.1 Å². The summed E-state index contributed by atoms with van der Waals surface area (Å²) in [6.07, 6.45) is 5.87. The predicted molar refractivity (Wildman–Crippen MR) is 66.2 cm³/mol. The first-order chi connectivity index (χ1) is 7.83. The Morgan fingerprint density at radius 1 is 1.06 bits per heavy atom. The number of pyridine rings is 2. The first-order valence-corrected chi connectivity index (χ1v) is 5.68. The van der Waals surface area contributed by atoms with Crippen molar-refractivity contribution in [3.63, 3.8) is 0 Å². The van der Waals surface area contributed by atoms with E-state index in [0.717, 1.165) is 24.2 Å². The fourth-order valence-corrected chi connectivity index (χ4v) is 1.88. The minimum atomic E-state index is 0.967. The van der Waals surface area contributed by atoms with Gasteiger partial charge in [0.25, 0.3) is 0 Å². The molecular formula is C14H16N2. The standard InChI is InChI=1S/C14H16N2/c1-3-6-12-11(2)8-10-16-14(12)13-7-4-5-9-15-13/h4-5,7-10H,3,6H2,1-2H3. The normalized spacial score (nSPS) is 10.4. The van der Waals surface area contributed by atoms with Crippen LogP contribution in [0.15, 0.2) is 36.7 Å². The maximum atomic E-state index is 4.47. The quantitative estimate of drug-likeness (QED) is 0.779. The monoisotopic (exact) mass is 212 g/mol. The van der Waals surface area contributed by atoms with Crippen LogP contribution in [0.1, 0.15) is 24.5 Å². The second-order valence-electron chi connectivity index (χ2n) is 3.92. The summed E-state index contributed by atoms with van der Waals surface area (Å²) in [7, 11) is 0. The molecule has 0 saturated heterocycles. The van der Waals surface area contributed by atoms with Crippen molar-refractivity contribution in [1.82, 2.24) is 9.97 Å². The van der Waals surface area contributed by atoms with Gasteiger partial charge in [0.15, 0.2) is 0 Å². The van der Waals surface area contributed by atoms with Gasteiger partial charge in [-0.2, -0.15) is 0 Å². The van der Waals surface area contributed by atoms with Gasteiger partial charge in [-0.1, -0.05) is 19.4 Å². The Labute approximate surface area is 96.4 Å². The van der Waals surface area contributed by atoms with E-state index in [2.05, 4.69) is 29.9 Å². The van der Waals surface area contributed by atoms with Crippen molar-refractivity contribution in [2.75, 3.05) is 0 Å². The molecule has 0 N–H and O–H groups in total. The summed E-state index contributed by atoms with van der Waals surface area (Å²) in [5.74, 6) is 0. The van der Waals surface area contributed by atoms with Gasteiger partial charge in [0.2, 0.25) is 0 Å². The summed E-state index contributed by atoms with van der Waals surface area (Å²) in [6.45, 7) is 4.33. The van der Waals surface area contributed by atoms with Gasteiger partial charge < -0.3 is 0 Å². The third-order valence-corrected chi connectivity index (χ3v) is 2.70. The topological polar surface area (TPSA) is 25.8 Å². The number of rotatable bonds is 3. The highest BCUT2D eigenvalue weighted by Gasteiger charge is 2.08. The summed E-state index contributed by atoms with van der Waals surface area (Å²) in [6, 6.07) is 8.01. The molecule has 82 valence electrons. The zero-order valence-corrected chi connectivity index (χ0v) is 9.77. The van der Waals surface area contributed by atoms with Gasteiger partial charge in [-0.15, -0.1) is 0 Å². The molecule has 2 heterocycles. The van der Waals surface area contributed by atoms with Gasteiger partial charge in [0.1, 0.15) is 0 Å². The van der Waals surface area contributed by atoms with Crippen LogP contribution in [-0.2, 0) is 6.42 Å². The fraction of sp³-hybridized carbons (Fsp3) is 0.286. The Kier molecular flexibility index (Phi) is 3.30. The van der Waals surface area contributed by atoms with E-state index in [0.29, 0.717) is 0 Å². The van der Waals surface area contributed by atoms with Crippen LogP contribution in [0, 0.1) is 6.92 Å². The SMILES string of the molecule is CCCc1c(C)ccnc1-c1ccccn1. The van der Waals surface area contributed by atoms with Gasteiger partial charge in [-0.25, -0.2) is 0 Å². The molecule has 2 rings (SSSR count). The van der Waals surface area contributed by atoms with E-state index in [4.69, 9.17) is 0 Å². The molecule has 2 heteroatoms. The molecule has 0 bridgehead atoms. The van der Waals surface area contributed by atoms with E-state index in [1.54, 1.807) is 0 Å². The highest BCUT2D eigenvalue weighted by Crippen LogP contribution is 2.22. The van der Waals surface area contributed by atoms with Crippen molar-refractivity contribution in [1.29, 1.82) is 0 Å². The molecule has 2 aromatic rings. The first kappa shape index (κ1) is 10.8. The molecule has 0 aliphatic carbocycles. The third-order valence-electron chi connectivity index (χ3n) is 2.70. The molecule has 16 heavy (non-hydrogen) atoms. The van der Waals surface area contributed by atoms with Crippen molar-refractivity contribution in [3.8, 4) is 11.4 Å². The second-order valence-corrected chi connectivity index (χ2v) is 3.92. The Morgan fingerprint density at radius 2 is 1.94 bits per heavy atom. The number of hydrogen-bond donors (Lipinski definition) is 0. The molecule has 0 spiro atoms. The average molecular weight is 212 g/mol. The number of aromatic nitrogens is 2. The lowest BCUT2D eigenvalue weighted by Crippen LogP contribution is -1.97. The summed E-state index contributed by atoms with van der Waals surface area (Å²) in [5.41, 5.74) is 4.62. The molecule has 0 saturated carbocycles. The molecule has 0 unspecified atom stereocenters. The Bertz CT molecular complexity index is 463. The summed E-state index contributed by atoms with van der Waals surface area (Å²) >= 11 is 0. The van der Waals surface area contributed by atoms with Crippen LogP contribution in [0.4, 0.5) is 0 Å². The maximum absolute atomic E-state index is 4.47. The molecule has 2 aromatic heterocycles. The van der Waals surface area contributed by atoms with Crippen LogP contribution in [0.5, 0.6) is 0 Å². The van der Waals surface area contributed by atoms with E-state index in [-0.39, 0.29) is 0 Å². The van der Waals surface area contributed by atoms with Crippen LogP contribution >= 0.6 is 0 Å². The minimum absolute atomic E-state index is 0.967. The third kappa shape index (κ3) is 2.11. The molecule has 0 aliphatic rings. The van der Waals surface area contributed by atoms with Crippen molar-refractivity contribution < 1.29 is 0 Å². The van der Waals surface area contributed by atoms with Crippen LogP contribution in [0.2, 0.25) is 0 Å².